The molecule has 2 saturated heterocycles. The summed E-state index contributed by atoms with van der Waals surface area (Å²) >= 11 is 6.34. The molecular formula is C28H35ClN2O4. The van der Waals surface area contributed by atoms with Crippen LogP contribution in [-0.4, -0.2) is 65.6 Å². The van der Waals surface area contributed by atoms with Gasteiger partial charge < -0.3 is 19.6 Å². The molecule has 0 bridgehead atoms. The van der Waals surface area contributed by atoms with E-state index in [0.717, 1.165) is 34.7 Å². The first-order chi connectivity index (χ1) is 16.8. The summed E-state index contributed by atoms with van der Waals surface area (Å²) in [6, 6.07) is 13.1. The summed E-state index contributed by atoms with van der Waals surface area (Å²) in [7, 11) is 0. The molecule has 0 unspecified atom stereocenters. The van der Waals surface area contributed by atoms with Crippen molar-refractivity contribution in [2.75, 3.05) is 32.8 Å². The van der Waals surface area contributed by atoms with Crippen molar-refractivity contribution in [1.29, 1.82) is 0 Å². The van der Waals surface area contributed by atoms with Crippen LogP contribution in [0.4, 0.5) is 0 Å². The number of amides is 2. The molecule has 2 aromatic carbocycles. The van der Waals surface area contributed by atoms with E-state index in [4.69, 9.17) is 16.3 Å². The lowest BCUT2D eigenvalue weighted by molar-refractivity contribution is -0.137. The number of ether oxygens (including phenoxy) is 1. The number of rotatable bonds is 6. The van der Waals surface area contributed by atoms with Gasteiger partial charge in [0.05, 0.1) is 12.7 Å². The van der Waals surface area contributed by atoms with Crippen LogP contribution in [0.5, 0.6) is 5.75 Å². The molecule has 0 saturated carbocycles. The molecule has 0 aliphatic carbocycles. The van der Waals surface area contributed by atoms with E-state index in [2.05, 4.69) is 0 Å². The molecule has 2 heterocycles. The molecule has 7 heteroatoms. The normalized spacial score (nSPS) is 21.1. The summed E-state index contributed by atoms with van der Waals surface area (Å²) in [5.74, 6) is 0.781. The Morgan fingerprint density at radius 1 is 1.06 bits per heavy atom. The zero-order valence-corrected chi connectivity index (χ0v) is 21.4. The van der Waals surface area contributed by atoms with Crippen molar-refractivity contribution in [1.82, 2.24) is 9.80 Å². The van der Waals surface area contributed by atoms with Gasteiger partial charge in [-0.25, -0.2) is 0 Å². The van der Waals surface area contributed by atoms with E-state index in [1.54, 1.807) is 0 Å². The number of nitrogens with zero attached hydrogens (tertiary/aromatic N) is 2. The van der Waals surface area contributed by atoms with Crippen molar-refractivity contribution >= 4 is 23.4 Å². The number of hydrogen-bond donors (Lipinski definition) is 1. The second-order valence-electron chi connectivity index (χ2n) is 10.1. The summed E-state index contributed by atoms with van der Waals surface area (Å²) in [5, 5.41) is 10.6. The molecule has 0 radical (unpaired) electrons. The maximum atomic E-state index is 13.4. The Kier molecular flexibility index (Phi) is 8.02. The van der Waals surface area contributed by atoms with E-state index >= 15 is 0 Å². The molecule has 0 spiro atoms. The zero-order valence-electron chi connectivity index (χ0n) is 20.6. The Hall–Kier alpha value is -2.57. The zero-order chi connectivity index (χ0) is 25.0. The van der Waals surface area contributed by atoms with Crippen molar-refractivity contribution in [3.8, 4) is 5.75 Å². The molecule has 2 aliphatic rings. The number of carbonyl (C=O) groups excluding carboxylic acids is 2. The van der Waals surface area contributed by atoms with Gasteiger partial charge in [0.1, 0.15) is 5.75 Å². The number of hydrogen-bond acceptors (Lipinski definition) is 4. The molecule has 1 N–H and O–H groups in total. The maximum Gasteiger partial charge on any atom is 0.253 e. The summed E-state index contributed by atoms with van der Waals surface area (Å²) in [6.07, 6.45) is 2.81. The highest BCUT2D eigenvalue weighted by atomic mass is 35.5. The first-order valence-electron chi connectivity index (χ1n) is 12.5. The predicted molar refractivity (Wildman–Crippen MR) is 137 cm³/mol. The third-order valence-electron chi connectivity index (χ3n) is 7.27. The molecule has 2 amide bonds. The third kappa shape index (κ3) is 6.17. The molecule has 4 rings (SSSR count). The summed E-state index contributed by atoms with van der Waals surface area (Å²) in [5.41, 5.74) is 2.06. The second-order valence-corrected chi connectivity index (χ2v) is 10.5. The van der Waals surface area contributed by atoms with Gasteiger partial charge in [-0.1, -0.05) is 29.8 Å². The van der Waals surface area contributed by atoms with E-state index in [0.29, 0.717) is 57.6 Å². The first kappa shape index (κ1) is 25.5. The van der Waals surface area contributed by atoms with Gasteiger partial charge in [-0.05, 0) is 74.9 Å². The molecular weight excluding hydrogens is 464 g/mol. The van der Waals surface area contributed by atoms with Crippen molar-refractivity contribution in [2.24, 2.45) is 5.41 Å². The molecule has 6 nitrogen and oxygen atoms in total. The van der Waals surface area contributed by atoms with Gasteiger partial charge >= 0.3 is 0 Å². The van der Waals surface area contributed by atoms with E-state index in [-0.39, 0.29) is 17.9 Å². The van der Waals surface area contributed by atoms with Gasteiger partial charge in [0.2, 0.25) is 5.91 Å². The molecule has 188 valence electrons. The number of likely N-dealkylation sites (tertiary alicyclic amines) is 2. The average molecular weight is 499 g/mol. The SMILES string of the molecule is Cc1cc(OC[C@@]2(CC(=O)N3CCC(O)CC3)CCCN(C(=O)c3ccccc3)C2)cc(C)c1Cl. The fourth-order valence-electron chi connectivity index (χ4n) is 5.23. The molecule has 2 aliphatic heterocycles. The van der Waals surface area contributed by atoms with Gasteiger partial charge in [0.15, 0.2) is 0 Å². The number of carbonyl (C=O) groups is 2. The lowest BCUT2D eigenvalue weighted by Gasteiger charge is -2.43. The molecule has 2 fully saturated rings. The van der Waals surface area contributed by atoms with Crippen molar-refractivity contribution in [3.05, 3.63) is 64.2 Å². The smallest absolute Gasteiger partial charge is 0.253 e. The monoisotopic (exact) mass is 498 g/mol. The standard InChI is InChI=1S/C28H35ClN2O4/c1-20-15-24(16-21(2)26(20)29)35-19-28(17-25(33)30-13-9-23(32)10-14-30)11-6-12-31(18-28)27(34)22-7-4-3-5-8-22/h3-5,7-8,15-16,23,32H,6,9-14,17-19H2,1-2H3/t28-/m1/s1. The van der Waals surface area contributed by atoms with Gasteiger partial charge in [0.25, 0.3) is 5.91 Å². The Bertz CT molecular complexity index is 1030. The minimum Gasteiger partial charge on any atom is -0.493 e. The minimum absolute atomic E-state index is 0.0126. The third-order valence-corrected chi connectivity index (χ3v) is 7.86. The van der Waals surface area contributed by atoms with Crippen LogP contribution in [0.25, 0.3) is 0 Å². The van der Waals surface area contributed by atoms with Gasteiger partial charge in [-0.3, -0.25) is 9.59 Å². The quantitative estimate of drug-likeness (QED) is 0.630. The van der Waals surface area contributed by atoms with Crippen LogP contribution in [0.2, 0.25) is 5.02 Å². The number of aliphatic hydroxyl groups excluding tert-OH is 1. The van der Waals surface area contributed by atoms with Crippen LogP contribution in [0.1, 0.15) is 53.6 Å². The van der Waals surface area contributed by atoms with E-state index in [1.165, 1.54) is 0 Å². The van der Waals surface area contributed by atoms with E-state index in [9.17, 15) is 14.7 Å². The first-order valence-corrected chi connectivity index (χ1v) is 12.8. The van der Waals surface area contributed by atoms with Crippen LogP contribution in [0, 0.1) is 19.3 Å². The van der Waals surface area contributed by atoms with Crippen molar-refractivity contribution < 1.29 is 19.4 Å². The van der Waals surface area contributed by atoms with Crippen molar-refractivity contribution in [2.45, 2.75) is 52.1 Å². The Labute approximate surface area is 212 Å². The summed E-state index contributed by atoms with van der Waals surface area (Å²) in [6.45, 7) is 6.51. The number of piperidine rings is 2. The molecule has 2 aromatic rings. The number of aryl methyl sites for hydroxylation is 2. The van der Waals surface area contributed by atoms with E-state index in [1.807, 2.05) is 66.1 Å². The number of halogens is 1. The Balaban J connectivity index is 1.54. The highest BCUT2D eigenvalue weighted by molar-refractivity contribution is 6.32. The van der Waals surface area contributed by atoms with Gasteiger partial charge in [-0.2, -0.15) is 0 Å². The Morgan fingerprint density at radius 2 is 1.71 bits per heavy atom. The maximum absolute atomic E-state index is 13.4. The molecule has 35 heavy (non-hydrogen) atoms. The van der Waals surface area contributed by atoms with Crippen LogP contribution < -0.4 is 4.74 Å². The number of aliphatic hydroxyl groups is 1. The van der Waals surface area contributed by atoms with Gasteiger partial charge in [0, 0.05) is 48.6 Å². The highest BCUT2D eigenvalue weighted by Gasteiger charge is 2.41. The molecule has 0 aromatic heterocycles. The molecule has 1 atom stereocenters. The average Bonchev–Trinajstić information content (AvgIpc) is 2.86. The fourth-order valence-corrected chi connectivity index (χ4v) is 5.34. The topological polar surface area (TPSA) is 70.1 Å². The van der Waals surface area contributed by atoms with Crippen LogP contribution in [0.15, 0.2) is 42.5 Å². The van der Waals surface area contributed by atoms with E-state index < -0.39 is 5.41 Å². The number of benzene rings is 2. The lowest BCUT2D eigenvalue weighted by Crippen LogP contribution is -2.51. The minimum atomic E-state index is -0.489. The summed E-state index contributed by atoms with van der Waals surface area (Å²) < 4.78 is 6.30. The highest BCUT2D eigenvalue weighted by Crippen LogP contribution is 2.37. The predicted octanol–water partition coefficient (Wildman–Crippen LogP) is 4.63. The van der Waals surface area contributed by atoms with Gasteiger partial charge in [-0.15, -0.1) is 0 Å². The van der Waals surface area contributed by atoms with Crippen LogP contribution in [0.3, 0.4) is 0 Å². The second kappa shape index (κ2) is 11.0. The van der Waals surface area contributed by atoms with Crippen molar-refractivity contribution in [3.63, 3.8) is 0 Å². The fraction of sp³-hybridized carbons (Fsp3) is 0.500. The largest absolute Gasteiger partial charge is 0.493 e. The Morgan fingerprint density at radius 3 is 2.37 bits per heavy atom. The van der Waals surface area contributed by atoms with Crippen LogP contribution in [-0.2, 0) is 4.79 Å². The summed E-state index contributed by atoms with van der Waals surface area (Å²) in [4.78, 5) is 30.3. The lowest BCUT2D eigenvalue weighted by atomic mass is 9.77. The van der Waals surface area contributed by atoms with Crippen LogP contribution >= 0.6 is 11.6 Å².